The smallest absolute Gasteiger partial charge is 0.394 e. The molecule has 0 atom stereocenters. The fourth-order valence-electron chi connectivity index (χ4n) is 5.29. The zero-order chi connectivity index (χ0) is 28.4. The fraction of sp³-hybridized carbons (Fsp3) is 0.265. The highest BCUT2D eigenvalue weighted by atomic mass is 19.4. The highest BCUT2D eigenvalue weighted by Gasteiger charge is 2.47. The number of hydrogen-bond donors (Lipinski definition) is 0. The molecule has 204 valence electrons. The monoisotopic (exact) mass is 541 g/mol. The first kappa shape index (κ1) is 26.2. The molecule has 0 N–H and O–H groups in total. The molecule has 0 aliphatic rings. The molecule has 3 aromatic heterocycles. The lowest BCUT2D eigenvalue weighted by Gasteiger charge is -2.27. The van der Waals surface area contributed by atoms with Gasteiger partial charge in [0.25, 0.3) is 0 Å². The van der Waals surface area contributed by atoms with Crippen LogP contribution in [0, 0.1) is 5.41 Å². The fourth-order valence-corrected chi connectivity index (χ4v) is 5.29. The number of benzene rings is 3. The number of pyridine rings is 1. The standard InChI is InChI=1S/C34H30F3NO2/c1-32(2,3)26-16-24(15-21-8-6-7-9-25(21)26)30-31-22(12-13-38-30)17-29(40-31)28-18-23-14-20(10-11-27(23)39-28)19-33(4,5)34(35,36)37/h6-18H,19H2,1-5H3. The van der Waals surface area contributed by atoms with Crippen molar-refractivity contribution in [2.45, 2.75) is 52.6 Å². The molecule has 3 nitrogen and oxygen atoms in total. The largest absolute Gasteiger partial charge is 0.453 e. The van der Waals surface area contributed by atoms with Gasteiger partial charge in [-0.15, -0.1) is 0 Å². The molecule has 0 amide bonds. The van der Waals surface area contributed by atoms with Gasteiger partial charge in [0.05, 0.1) is 5.41 Å². The van der Waals surface area contributed by atoms with Gasteiger partial charge in [-0.2, -0.15) is 13.2 Å². The van der Waals surface area contributed by atoms with Crippen molar-refractivity contribution in [3.63, 3.8) is 0 Å². The van der Waals surface area contributed by atoms with E-state index in [0.29, 0.717) is 28.2 Å². The van der Waals surface area contributed by atoms with Crippen LogP contribution in [0.3, 0.4) is 0 Å². The Morgan fingerprint density at radius 2 is 1.45 bits per heavy atom. The summed E-state index contributed by atoms with van der Waals surface area (Å²) in [5.41, 5.74) is 2.89. The van der Waals surface area contributed by atoms with Gasteiger partial charge in [0.2, 0.25) is 0 Å². The van der Waals surface area contributed by atoms with Crippen LogP contribution in [0.4, 0.5) is 13.2 Å². The van der Waals surface area contributed by atoms with Crippen molar-refractivity contribution in [2.24, 2.45) is 5.41 Å². The SMILES string of the molecule is CC(C)(C)c1cc(-c2nccc3cc(-c4cc5cc(CC(C)(C)C(F)(F)F)ccc5o4)oc23)cc2ccccc12. The van der Waals surface area contributed by atoms with Gasteiger partial charge in [0.15, 0.2) is 17.1 Å². The zero-order valence-electron chi connectivity index (χ0n) is 23.1. The summed E-state index contributed by atoms with van der Waals surface area (Å²) < 4.78 is 52.7. The van der Waals surface area contributed by atoms with Gasteiger partial charge < -0.3 is 8.83 Å². The van der Waals surface area contributed by atoms with Crippen molar-refractivity contribution in [1.29, 1.82) is 0 Å². The summed E-state index contributed by atoms with van der Waals surface area (Å²) in [6.07, 6.45) is -2.63. The molecular weight excluding hydrogens is 511 g/mol. The summed E-state index contributed by atoms with van der Waals surface area (Å²) in [6.45, 7) is 9.05. The third-order valence-electron chi connectivity index (χ3n) is 7.61. The number of fused-ring (bicyclic) bond motifs is 3. The van der Waals surface area contributed by atoms with Crippen molar-refractivity contribution < 1.29 is 22.0 Å². The summed E-state index contributed by atoms with van der Waals surface area (Å²) in [4.78, 5) is 4.71. The lowest BCUT2D eigenvalue weighted by molar-refractivity contribution is -0.211. The Morgan fingerprint density at radius 1 is 0.725 bits per heavy atom. The van der Waals surface area contributed by atoms with E-state index < -0.39 is 11.6 Å². The van der Waals surface area contributed by atoms with Gasteiger partial charge in [-0.3, -0.25) is 4.98 Å². The molecule has 0 saturated heterocycles. The lowest BCUT2D eigenvalue weighted by atomic mass is 9.82. The highest BCUT2D eigenvalue weighted by Crippen LogP contribution is 2.42. The van der Waals surface area contributed by atoms with Gasteiger partial charge in [-0.05, 0) is 76.2 Å². The number of alkyl halides is 3. The molecule has 0 aliphatic carbocycles. The molecule has 40 heavy (non-hydrogen) atoms. The molecule has 0 unspecified atom stereocenters. The second-order valence-corrected chi connectivity index (χ2v) is 12.2. The van der Waals surface area contributed by atoms with Gasteiger partial charge in [-0.25, -0.2) is 0 Å². The van der Waals surface area contributed by atoms with Crippen LogP contribution in [0.1, 0.15) is 45.7 Å². The molecule has 3 aromatic carbocycles. The van der Waals surface area contributed by atoms with Crippen molar-refractivity contribution in [2.75, 3.05) is 0 Å². The van der Waals surface area contributed by atoms with Gasteiger partial charge in [0, 0.05) is 22.5 Å². The van der Waals surface area contributed by atoms with Crippen molar-refractivity contribution >= 4 is 32.7 Å². The van der Waals surface area contributed by atoms with E-state index in [9.17, 15) is 13.2 Å². The Labute approximate surface area is 230 Å². The topological polar surface area (TPSA) is 39.2 Å². The molecule has 0 spiro atoms. The maximum absolute atomic E-state index is 13.4. The average molecular weight is 542 g/mol. The van der Waals surface area contributed by atoms with Crippen LogP contribution in [-0.4, -0.2) is 11.2 Å². The number of nitrogens with zero attached hydrogens (tertiary/aromatic N) is 1. The second-order valence-electron chi connectivity index (χ2n) is 12.2. The van der Waals surface area contributed by atoms with Crippen LogP contribution in [-0.2, 0) is 11.8 Å². The molecule has 6 heteroatoms. The number of halogens is 3. The maximum Gasteiger partial charge on any atom is 0.394 e. The van der Waals surface area contributed by atoms with Crippen LogP contribution in [0.2, 0.25) is 0 Å². The predicted molar refractivity (Wildman–Crippen MR) is 154 cm³/mol. The van der Waals surface area contributed by atoms with E-state index >= 15 is 0 Å². The Kier molecular flexibility index (Phi) is 5.88. The van der Waals surface area contributed by atoms with E-state index in [1.165, 1.54) is 24.8 Å². The van der Waals surface area contributed by atoms with E-state index in [4.69, 9.17) is 13.8 Å². The molecule has 0 radical (unpaired) electrons. The molecule has 6 aromatic rings. The van der Waals surface area contributed by atoms with Crippen LogP contribution in [0.15, 0.2) is 87.8 Å². The zero-order valence-corrected chi connectivity index (χ0v) is 23.1. The second kappa shape index (κ2) is 8.98. The van der Waals surface area contributed by atoms with Crippen molar-refractivity contribution in [3.8, 4) is 22.8 Å². The molecule has 0 saturated carbocycles. The van der Waals surface area contributed by atoms with Gasteiger partial charge in [0.1, 0.15) is 11.3 Å². The average Bonchev–Trinajstić information content (AvgIpc) is 3.50. The summed E-state index contributed by atoms with van der Waals surface area (Å²) in [5.74, 6) is 1.05. The van der Waals surface area contributed by atoms with Gasteiger partial charge >= 0.3 is 6.18 Å². The number of rotatable bonds is 4. The predicted octanol–water partition coefficient (Wildman–Crippen LogP) is 10.5. The first-order valence-corrected chi connectivity index (χ1v) is 13.3. The maximum atomic E-state index is 13.4. The lowest BCUT2D eigenvalue weighted by Crippen LogP contribution is -2.34. The van der Waals surface area contributed by atoms with Crippen molar-refractivity contribution in [3.05, 3.63) is 90.1 Å². The summed E-state index contributed by atoms with van der Waals surface area (Å²) in [6, 6.07) is 23.5. The van der Waals surface area contributed by atoms with E-state index in [2.05, 4.69) is 51.1 Å². The Hall–Kier alpha value is -4.06. The molecular formula is C34H30F3NO2. The third kappa shape index (κ3) is 4.55. The molecule has 0 bridgehead atoms. The minimum atomic E-state index is -4.29. The molecule has 6 rings (SSSR count). The minimum Gasteiger partial charge on any atom is -0.453 e. The van der Waals surface area contributed by atoms with Gasteiger partial charge in [-0.1, -0.05) is 65.0 Å². The number of hydrogen-bond acceptors (Lipinski definition) is 3. The molecule has 3 heterocycles. The summed E-state index contributed by atoms with van der Waals surface area (Å²) in [5, 5.41) is 3.97. The quantitative estimate of drug-likeness (QED) is 0.223. The van der Waals surface area contributed by atoms with Crippen molar-refractivity contribution in [1.82, 2.24) is 4.98 Å². The van der Waals surface area contributed by atoms with E-state index in [1.807, 2.05) is 24.3 Å². The van der Waals surface area contributed by atoms with E-state index in [1.54, 1.807) is 24.4 Å². The third-order valence-corrected chi connectivity index (χ3v) is 7.61. The van der Waals surface area contributed by atoms with E-state index in [0.717, 1.165) is 27.4 Å². The Bertz CT molecular complexity index is 1880. The number of furan rings is 2. The Morgan fingerprint density at radius 3 is 2.20 bits per heavy atom. The van der Waals surface area contributed by atoms with Crippen LogP contribution in [0.5, 0.6) is 0 Å². The van der Waals surface area contributed by atoms with Crippen LogP contribution < -0.4 is 0 Å². The number of aromatic nitrogens is 1. The van der Waals surface area contributed by atoms with Crippen LogP contribution >= 0.6 is 0 Å². The summed E-state index contributed by atoms with van der Waals surface area (Å²) >= 11 is 0. The molecule has 0 fully saturated rings. The summed E-state index contributed by atoms with van der Waals surface area (Å²) in [7, 11) is 0. The Balaban J connectivity index is 1.42. The normalized spacial score (nSPS) is 13.1. The van der Waals surface area contributed by atoms with E-state index in [-0.39, 0.29) is 11.8 Å². The van der Waals surface area contributed by atoms with Crippen LogP contribution in [0.25, 0.3) is 55.5 Å². The highest BCUT2D eigenvalue weighted by molar-refractivity contribution is 5.97. The first-order chi connectivity index (χ1) is 18.8. The minimum absolute atomic E-state index is 0.0692. The first-order valence-electron chi connectivity index (χ1n) is 13.3. The molecule has 0 aliphatic heterocycles.